The van der Waals surface area contributed by atoms with Crippen molar-refractivity contribution < 1.29 is 0 Å². The first-order valence-corrected chi connectivity index (χ1v) is 6.94. The second-order valence-electron chi connectivity index (χ2n) is 4.84. The van der Waals surface area contributed by atoms with Gasteiger partial charge in [0, 0.05) is 20.2 Å². The fourth-order valence-electron chi connectivity index (χ4n) is 2.18. The van der Waals surface area contributed by atoms with Gasteiger partial charge in [0.15, 0.2) is 5.43 Å². The average Bonchev–Trinajstić information content (AvgIpc) is 2.38. The third-order valence-corrected chi connectivity index (χ3v) is 4.42. The quantitative estimate of drug-likeness (QED) is 0.579. The van der Waals surface area contributed by atoms with E-state index in [0.29, 0.717) is 5.92 Å². The Labute approximate surface area is 122 Å². The lowest BCUT2D eigenvalue weighted by atomic mass is 10.0. The maximum Gasteiger partial charge on any atom is 0.195 e. The molecular weight excluding hydrogens is 276 g/mol. The van der Waals surface area contributed by atoms with E-state index >= 15 is 0 Å². The van der Waals surface area contributed by atoms with E-state index in [9.17, 15) is 4.79 Å². The summed E-state index contributed by atoms with van der Waals surface area (Å²) in [6.45, 7) is 4.30. The molecule has 0 radical (unpaired) electrons. The van der Waals surface area contributed by atoms with Crippen LogP contribution in [-0.4, -0.2) is 0 Å². The predicted molar refractivity (Wildman–Crippen MR) is 86.9 cm³/mol. The molecule has 0 N–H and O–H groups in total. The third kappa shape index (κ3) is 2.38. The van der Waals surface area contributed by atoms with Crippen molar-refractivity contribution >= 4 is 43.9 Å². The van der Waals surface area contributed by atoms with Crippen LogP contribution in [0.5, 0.6) is 0 Å². The molecule has 3 rings (SSSR count). The zero-order chi connectivity index (χ0) is 12.7. The summed E-state index contributed by atoms with van der Waals surface area (Å²) in [6, 6.07) is 14.1. The summed E-state index contributed by atoms with van der Waals surface area (Å²) in [5.41, 5.74) is 1.38. The average molecular weight is 291 g/mol. The molecule has 3 heteroatoms. The molecule has 0 amide bonds. The minimum atomic E-state index is 0. The van der Waals surface area contributed by atoms with Crippen LogP contribution < -0.4 is 5.43 Å². The molecule has 1 aromatic heterocycles. The van der Waals surface area contributed by atoms with Gasteiger partial charge in [-0.2, -0.15) is 0 Å². The van der Waals surface area contributed by atoms with Crippen molar-refractivity contribution in [3.8, 4) is 0 Å². The highest BCUT2D eigenvalue weighted by molar-refractivity contribution is 7.24. The first-order chi connectivity index (χ1) is 8.66. The van der Waals surface area contributed by atoms with Crippen LogP contribution in [0.4, 0.5) is 0 Å². The number of rotatable bonds is 1. The summed E-state index contributed by atoms with van der Waals surface area (Å²) in [5.74, 6) is 0.449. The zero-order valence-electron chi connectivity index (χ0n) is 10.8. The first-order valence-electron chi connectivity index (χ1n) is 6.12. The van der Waals surface area contributed by atoms with Crippen molar-refractivity contribution in [2.24, 2.45) is 0 Å². The Morgan fingerprint density at radius 3 is 2.37 bits per heavy atom. The molecule has 3 aromatic rings. The molecule has 1 nitrogen and oxygen atoms in total. The topological polar surface area (TPSA) is 17.1 Å². The van der Waals surface area contributed by atoms with E-state index in [1.807, 2.05) is 30.3 Å². The van der Waals surface area contributed by atoms with E-state index in [1.54, 1.807) is 11.3 Å². The van der Waals surface area contributed by atoms with Crippen LogP contribution in [0, 0.1) is 0 Å². The van der Waals surface area contributed by atoms with Crippen LogP contribution >= 0.6 is 23.7 Å². The molecule has 2 aromatic carbocycles. The maximum atomic E-state index is 12.5. The van der Waals surface area contributed by atoms with Gasteiger partial charge in [-0.25, -0.2) is 0 Å². The molecule has 0 saturated heterocycles. The van der Waals surface area contributed by atoms with Gasteiger partial charge in [-0.05, 0) is 35.7 Å². The Balaban J connectivity index is 0.00000133. The molecule has 0 aliphatic rings. The number of hydrogen-bond acceptors (Lipinski definition) is 2. The first kappa shape index (κ1) is 14.0. The fraction of sp³-hybridized carbons (Fsp3) is 0.188. The minimum absolute atomic E-state index is 0. The largest absolute Gasteiger partial charge is 0.289 e. The van der Waals surface area contributed by atoms with Gasteiger partial charge in [-0.3, -0.25) is 4.79 Å². The highest BCUT2D eigenvalue weighted by atomic mass is 35.5. The number of hydrogen-bond donors (Lipinski definition) is 0. The molecule has 0 atom stereocenters. The van der Waals surface area contributed by atoms with Crippen molar-refractivity contribution in [1.82, 2.24) is 0 Å². The predicted octanol–water partition coefficient (Wildman–Crippen LogP) is 4.96. The second-order valence-corrected chi connectivity index (χ2v) is 5.92. The second kappa shape index (κ2) is 5.32. The van der Waals surface area contributed by atoms with E-state index in [-0.39, 0.29) is 17.8 Å². The molecule has 0 saturated carbocycles. The molecule has 19 heavy (non-hydrogen) atoms. The molecule has 0 fully saturated rings. The van der Waals surface area contributed by atoms with Crippen LogP contribution in [0.25, 0.3) is 20.2 Å². The maximum absolute atomic E-state index is 12.5. The number of benzene rings is 2. The molecule has 0 aliphatic carbocycles. The van der Waals surface area contributed by atoms with Gasteiger partial charge < -0.3 is 0 Å². The molecule has 0 spiro atoms. The number of fused-ring (bicyclic) bond motifs is 2. The highest BCUT2D eigenvalue weighted by Crippen LogP contribution is 2.26. The monoisotopic (exact) mass is 290 g/mol. The van der Waals surface area contributed by atoms with Crippen molar-refractivity contribution in [2.45, 2.75) is 19.8 Å². The van der Waals surface area contributed by atoms with Gasteiger partial charge in [-0.15, -0.1) is 23.7 Å². The van der Waals surface area contributed by atoms with Crippen molar-refractivity contribution in [2.75, 3.05) is 0 Å². The van der Waals surface area contributed by atoms with Gasteiger partial charge in [0.2, 0.25) is 0 Å². The van der Waals surface area contributed by atoms with Gasteiger partial charge >= 0.3 is 0 Å². The zero-order valence-corrected chi connectivity index (χ0v) is 12.5. The summed E-state index contributed by atoms with van der Waals surface area (Å²) in [4.78, 5) is 12.5. The summed E-state index contributed by atoms with van der Waals surface area (Å²) in [5, 5.41) is 1.68. The van der Waals surface area contributed by atoms with E-state index < -0.39 is 0 Å². The van der Waals surface area contributed by atoms with Crippen LogP contribution in [0.3, 0.4) is 0 Å². The van der Waals surface area contributed by atoms with Crippen LogP contribution in [0.2, 0.25) is 0 Å². The summed E-state index contributed by atoms with van der Waals surface area (Å²) >= 11 is 1.69. The van der Waals surface area contributed by atoms with Crippen molar-refractivity contribution in [1.29, 1.82) is 0 Å². The SMILES string of the molecule is CC(C)c1ccc2sc3ccccc3c(=O)c2c1.Cl. The van der Waals surface area contributed by atoms with Crippen molar-refractivity contribution in [3.05, 3.63) is 58.3 Å². The van der Waals surface area contributed by atoms with Gasteiger partial charge in [0.1, 0.15) is 0 Å². The van der Waals surface area contributed by atoms with Gasteiger partial charge in [-0.1, -0.05) is 32.0 Å². The molecule has 0 unspecified atom stereocenters. The Morgan fingerprint density at radius 1 is 0.947 bits per heavy atom. The standard InChI is InChI=1S/C16H14OS.ClH/c1-10(2)11-7-8-15-13(9-11)16(17)12-5-3-4-6-14(12)18-15;/h3-10H,1-2H3;1H. The molecule has 0 aliphatic heterocycles. The van der Waals surface area contributed by atoms with Gasteiger partial charge in [0.05, 0.1) is 0 Å². The van der Waals surface area contributed by atoms with E-state index in [0.717, 1.165) is 20.2 Å². The Hall–Kier alpha value is -1.38. The Morgan fingerprint density at radius 2 is 1.63 bits per heavy atom. The van der Waals surface area contributed by atoms with Crippen LogP contribution in [0.1, 0.15) is 25.3 Å². The molecule has 1 heterocycles. The molecular formula is C16H15ClOS. The van der Waals surface area contributed by atoms with E-state index in [1.165, 1.54) is 5.56 Å². The Kier molecular flexibility index (Phi) is 3.93. The molecule has 0 bridgehead atoms. The fourth-order valence-corrected chi connectivity index (χ4v) is 3.23. The smallest absolute Gasteiger partial charge is 0.195 e. The number of halogens is 1. The lowest BCUT2D eigenvalue weighted by Gasteiger charge is -2.07. The minimum Gasteiger partial charge on any atom is -0.289 e. The van der Waals surface area contributed by atoms with Crippen LogP contribution in [-0.2, 0) is 0 Å². The van der Waals surface area contributed by atoms with Gasteiger partial charge in [0.25, 0.3) is 0 Å². The summed E-state index contributed by atoms with van der Waals surface area (Å²) < 4.78 is 2.13. The van der Waals surface area contributed by atoms with Crippen molar-refractivity contribution in [3.63, 3.8) is 0 Å². The summed E-state index contributed by atoms with van der Waals surface area (Å²) in [7, 11) is 0. The summed E-state index contributed by atoms with van der Waals surface area (Å²) in [6.07, 6.45) is 0. The Bertz CT molecular complexity index is 789. The van der Waals surface area contributed by atoms with E-state index in [2.05, 4.69) is 26.0 Å². The normalized spacial score (nSPS) is 10.9. The molecule has 98 valence electrons. The third-order valence-electron chi connectivity index (χ3n) is 3.27. The lowest BCUT2D eigenvalue weighted by Crippen LogP contribution is -2.01. The van der Waals surface area contributed by atoms with E-state index in [4.69, 9.17) is 0 Å². The van der Waals surface area contributed by atoms with Crippen LogP contribution in [0.15, 0.2) is 47.3 Å². The lowest BCUT2D eigenvalue weighted by molar-refractivity contribution is 0.869. The highest BCUT2D eigenvalue weighted by Gasteiger charge is 2.07.